The summed E-state index contributed by atoms with van der Waals surface area (Å²) in [6.07, 6.45) is 2.14. The van der Waals surface area contributed by atoms with Gasteiger partial charge in [0.15, 0.2) is 0 Å². The van der Waals surface area contributed by atoms with E-state index in [1.807, 2.05) is 0 Å². The lowest BCUT2D eigenvalue weighted by molar-refractivity contribution is 0.738. The van der Waals surface area contributed by atoms with E-state index in [0.717, 1.165) is 11.0 Å². The van der Waals surface area contributed by atoms with Gasteiger partial charge in [0.1, 0.15) is 0 Å². The Morgan fingerprint density at radius 3 is 2.79 bits per heavy atom. The molecule has 1 aromatic heterocycles. The van der Waals surface area contributed by atoms with Crippen LogP contribution in [0.4, 0.5) is 0 Å². The Hall–Kier alpha value is -0.760. The molecule has 0 N–H and O–H groups in total. The van der Waals surface area contributed by atoms with Gasteiger partial charge in [-0.15, -0.1) is 0 Å². The number of hydrogen-bond acceptors (Lipinski definition) is 0. The molecule has 0 unspecified atom stereocenters. The Labute approximate surface area is 92.9 Å². The normalized spacial score (nSPS) is 11.4. The lowest BCUT2D eigenvalue weighted by atomic mass is 10.2. The van der Waals surface area contributed by atoms with Gasteiger partial charge >= 0.3 is 0 Å². The van der Waals surface area contributed by atoms with Crippen molar-refractivity contribution in [1.82, 2.24) is 4.57 Å². The highest BCUT2D eigenvalue weighted by Crippen LogP contribution is 2.21. The van der Waals surface area contributed by atoms with Gasteiger partial charge < -0.3 is 4.57 Å². The molecule has 0 spiro atoms. The first kappa shape index (κ1) is 9.78. The van der Waals surface area contributed by atoms with E-state index in [1.54, 1.807) is 0 Å². The van der Waals surface area contributed by atoms with Crippen LogP contribution >= 0.6 is 15.9 Å². The molecule has 0 fully saturated rings. The van der Waals surface area contributed by atoms with Crippen molar-refractivity contribution in [2.24, 2.45) is 0 Å². The second-order valence-corrected chi connectivity index (χ2v) is 4.77. The lowest BCUT2D eigenvalue weighted by Gasteiger charge is -2.07. The molecule has 0 aliphatic rings. The van der Waals surface area contributed by atoms with Gasteiger partial charge in [-0.3, -0.25) is 0 Å². The van der Waals surface area contributed by atoms with Crippen molar-refractivity contribution in [2.45, 2.75) is 20.4 Å². The van der Waals surface area contributed by atoms with Crippen LogP contribution in [0.15, 0.2) is 34.9 Å². The summed E-state index contributed by atoms with van der Waals surface area (Å²) in [7, 11) is 0. The maximum atomic E-state index is 3.48. The number of fused-ring (bicyclic) bond motifs is 1. The van der Waals surface area contributed by atoms with E-state index in [1.165, 1.54) is 16.8 Å². The highest BCUT2D eigenvalue weighted by Gasteiger charge is 2.02. The summed E-state index contributed by atoms with van der Waals surface area (Å²) in [6.45, 7) is 5.32. The quantitative estimate of drug-likeness (QED) is 0.759. The number of halogens is 1. The van der Waals surface area contributed by atoms with Gasteiger partial charge in [0.2, 0.25) is 0 Å². The van der Waals surface area contributed by atoms with Crippen LogP contribution in [0.3, 0.4) is 0 Å². The second kappa shape index (κ2) is 3.77. The summed E-state index contributed by atoms with van der Waals surface area (Å²) in [5.41, 5.74) is 1.30. The Morgan fingerprint density at radius 2 is 2.07 bits per heavy atom. The van der Waals surface area contributed by atoms with Crippen LogP contribution in [-0.2, 0) is 6.54 Å². The molecule has 0 amide bonds. The van der Waals surface area contributed by atoms with Crippen molar-refractivity contribution < 1.29 is 0 Å². The van der Waals surface area contributed by atoms with E-state index in [0.29, 0.717) is 0 Å². The molecule has 0 aliphatic carbocycles. The zero-order valence-corrected chi connectivity index (χ0v) is 10.0. The fourth-order valence-corrected chi connectivity index (χ4v) is 2.03. The fourth-order valence-electron chi connectivity index (χ4n) is 1.65. The van der Waals surface area contributed by atoms with Crippen molar-refractivity contribution in [3.8, 4) is 0 Å². The van der Waals surface area contributed by atoms with Crippen LogP contribution in [0.5, 0.6) is 0 Å². The van der Waals surface area contributed by atoms with Crippen molar-refractivity contribution in [1.29, 1.82) is 0 Å². The zero-order valence-electron chi connectivity index (χ0n) is 8.42. The van der Waals surface area contributed by atoms with E-state index < -0.39 is 0 Å². The van der Waals surface area contributed by atoms with Crippen molar-refractivity contribution in [2.75, 3.05) is 0 Å². The Morgan fingerprint density at radius 1 is 1.29 bits per heavy atom. The topological polar surface area (TPSA) is 4.93 Å². The Kier molecular flexibility index (Phi) is 2.64. The fraction of sp³-hybridized carbons (Fsp3) is 0.250. The monoisotopic (exact) mass is 250 g/mol. The van der Waals surface area contributed by atoms with Crippen LogP contribution in [0, 0.1) is 5.92 Å². The molecule has 2 rings (SSSR count). The van der Waals surface area contributed by atoms with E-state index >= 15 is 0 Å². The van der Waals surface area contributed by atoms with Gasteiger partial charge in [0, 0.05) is 28.1 Å². The molecule has 14 heavy (non-hydrogen) atoms. The van der Waals surface area contributed by atoms with Crippen LogP contribution in [0.25, 0.3) is 10.9 Å². The summed E-state index contributed by atoms with van der Waals surface area (Å²) in [5.74, 6) is 1.42. The largest absolute Gasteiger partial charge is 0.347 e. The first-order chi connectivity index (χ1) is 6.66. The molecular weight excluding hydrogens is 238 g/mol. The summed E-state index contributed by atoms with van der Waals surface area (Å²) in [4.78, 5) is 0. The van der Waals surface area contributed by atoms with Gasteiger partial charge in [-0.25, -0.2) is 0 Å². The Balaban J connectivity index is 2.47. The molecule has 0 atom stereocenters. The predicted octanol–water partition coefficient (Wildman–Crippen LogP) is 4.02. The third-order valence-electron chi connectivity index (χ3n) is 2.22. The number of benzene rings is 1. The Bertz CT molecular complexity index is 443. The van der Waals surface area contributed by atoms with Gasteiger partial charge in [-0.2, -0.15) is 0 Å². The highest BCUT2D eigenvalue weighted by molar-refractivity contribution is 9.10. The molecule has 1 radical (unpaired) electrons. The van der Waals surface area contributed by atoms with E-state index in [9.17, 15) is 0 Å². The molecular formula is C12H13BrN. The molecule has 1 aromatic carbocycles. The van der Waals surface area contributed by atoms with E-state index in [2.05, 4.69) is 64.8 Å². The van der Waals surface area contributed by atoms with E-state index in [-0.39, 0.29) is 0 Å². The maximum Gasteiger partial charge on any atom is 0.0481 e. The molecule has 1 heterocycles. The minimum atomic E-state index is 1.01. The van der Waals surface area contributed by atoms with Crippen LogP contribution < -0.4 is 0 Å². The first-order valence-corrected chi connectivity index (χ1v) is 5.49. The molecule has 73 valence electrons. The standard InChI is InChI=1S/C12H13BrN/c1-9(2)8-14-6-5-10-7-11(13)3-4-12(10)14/h3-7H,8H2,1-2H3. The summed E-state index contributed by atoms with van der Waals surface area (Å²) in [6, 6.07) is 8.55. The molecule has 0 saturated carbocycles. The lowest BCUT2D eigenvalue weighted by Crippen LogP contribution is -2.00. The molecule has 0 bridgehead atoms. The van der Waals surface area contributed by atoms with Crippen molar-refractivity contribution >= 4 is 26.8 Å². The third kappa shape index (κ3) is 1.85. The summed E-state index contributed by atoms with van der Waals surface area (Å²) < 4.78 is 3.41. The molecule has 0 aliphatic heterocycles. The predicted molar refractivity (Wildman–Crippen MR) is 64.2 cm³/mol. The number of nitrogens with zero attached hydrogens (tertiary/aromatic N) is 1. The smallest absolute Gasteiger partial charge is 0.0481 e. The zero-order chi connectivity index (χ0) is 10.1. The summed E-state index contributed by atoms with van der Waals surface area (Å²) >= 11 is 3.48. The van der Waals surface area contributed by atoms with Crippen LogP contribution in [0.2, 0.25) is 0 Å². The highest BCUT2D eigenvalue weighted by atomic mass is 79.9. The van der Waals surface area contributed by atoms with Crippen molar-refractivity contribution in [3.05, 3.63) is 40.9 Å². The minimum Gasteiger partial charge on any atom is -0.347 e. The van der Waals surface area contributed by atoms with Gasteiger partial charge in [0.25, 0.3) is 0 Å². The molecule has 2 heteroatoms. The SMILES string of the molecule is C[C](C)Cn1ccc2cc(Br)ccc21. The minimum absolute atomic E-state index is 1.01. The first-order valence-electron chi connectivity index (χ1n) is 4.70. The van der Waals surface area contributed by atoms with Gasteiger partial charge in [-0.05, 0) is 30.2 Å². The molecule has 1 nitrogen and oxygen atoms in total. The number of rotatable bonds is 2. The van der Waals surface area contributed by atoms with Gasteiger partial charge in [-0.1, -0.05) is 29.8 Å². The summed E-state index contributed by atoms with van der Waals surface area (Å²) in [5, 5.41) is 1.29. The average Bonchev–Trinajstić information content (AvgIpc) is 2.47. The van der Waals surface area contributed by atoms with E-state index in [4.69, 9.17) is 0 Å². The maximum absolute atomic E-state index is 3.48. The molecule has 0 saturated heterocycles. The number of aromatic nitrogens is 1. The molecule has 2 aromatic rings. The second-order valence-electron chi connectivity index (χ2n) is 3.85. The number of hydrogen-bond donors (Lipinski definition) is 0. The van der Waals surface area contributed by atoms with Gasteiger partial charge in [0.05, 0.1) is 0 Å². The van der Waals surface area contributed by atoms with Crippen LogP contribution in [-0.4, -0.2) is 4.57 Å². The van der Waals surface area contributed by atoms with Crippen LogP contribution in [0.1, 0.15) is 13.8 Å². The average molecular weight is 251 g/mol. The third-order valence-corrected chi connectivity index (χ3v) is 2.71. The van der Waals surface area contributed by atoms with Crippen molar-refractivity contribution in [3.63, 3.8) is 0 Å².